The first-order valence-electron chi connectivity index (χ1n) is 7.13. The zero-order valence-corrected chi connectivity index (χ0v) is 10.7. The van der Waals surface area contributed by atoms with Gasteiger partial charge in [-0.2, -0.15) is 0 Å². The van der Waals surface area contributed by atoms with Gasteiger partial charge < -0.3 is 4.90 Å². The second kappa shape index (κ2) is 4.81. The maximum atomic E-state index is 2.66. The fourth-order valence-electron chi connectivity index (χ4n) is 3.36. The number of piperidine rings is 1. The summed E-state index contributed by atoms with van der Waals surface area (Å²) in [7, 11) is 0. The van der Waals surface area contributed by atoms with Crippen LogP contribution in [0.5, 0.6) is 0 Å². The molecule has 3 rings (SSSR count). The summed E-state index contributed by atoms with van der Waals surface area (Å²) in [5, 5.41) is 0. The quantitative estimate of drug-likeness (QED) is 0.767. The van der Waals surface area contributed by atoms with Crippen LogP contribution in [0.4, 0.5) is 0 Å². The summed E-state index contributed by atoms with van der Waals surface area (Å²) in [5.74, 6) is 0. The van der Waals surface area contributed by atoms with Gasteiger partial charge in [0, 0.05) is 6.54 Å². The van der Waals surface area contributed by atoms with E-state index in [1.54, 1.807) is 0 Å². The number of rotatable bonds is 3. The van der Waals surface area contributed by atoms with E-state index in [2.05, 4.69) is 35.2 Å². The number of likely N-dealkylation sites (tertiary alicyclic amines) is 1. The summed E-state index contributed by atoms with van der Waals surface area (Å²) >= 11 is 0. The standard InChI is InChI=1S/C16H23N/c1-2-5-15(6-3-1)7-12-17-13-10-16(11-14-17)8-4-9-16/h1-3,5-6H,4,7-14H2. The molecule has 1 aromatic rings. The molecule has 17 heavy (non-hydrogen) atoms. The van der Waals surface area contributed by atoms with Crippen LogP contribution in [-0.4, -0.2) is 24.5 Å². The number of nitrogens with zero attached hydrogens (tertiary/aromatic N) is 1. The van der Waals surface area contributed by atoms with Crippen LogP contribution in [0.25, 0.3) is 0 Å². The Morgan fingerprint density at radius 2 is 1.65 bits per heavy atom. The van der Waals surface area contributed by atoms with Gasteiger partial charge in [0.2, 0.25) is 0 Å². The van der Waals surface area contributed by atoms with Crippen molar-refractivity contribution in [3.63, 3.8) is 0 Å². The monoisotopic (exact) mass is 229 g/mol. The van der Waals surface area contributed by atoms with E-state index in [-0.39, 0.29) is 0 Å². The van der Waals surface area contributed by atoms with E-state index in [0.29, 0.717) is 0 Å². The van der Waals surface area contributed by atoms with Crippen LogP contribution in [0.1, 0.15) is 37.7 Å². The molecule has 1 saturated carbocycles. The summed E-state index contributed by atoms with van der Waals surface area (Å²) in [6.07, 6.45) is 8.65. The van der Waals surface area contributed by atoms with E-state index in [9.17, 15) is 0 Å². The molecule has 1 aliphatic heterocycles. The average Bonchev–Trinajstić information content (AvgIpc) is 2.36. The van der Waals surface area contributed by atoms with Crippen molar-refractivity contribution in [2.75, 3.05) is 19.6 Å². The van der Waals surface area contributed by atoms with E-state index in [4.69, 9.17) is 0 Å². The van der Waals surface area contributed by atoms with Gasteiger partial charge in [0.1, 0.15) is 0 Å². The van der Waals surface area contributed by atoms with Crippen LogP contribution >= 0.6 is 0 Å². The van der Waals surface area contributed by atoms with E-state index >= 15 is 0 Å². The molecule has 0 radical (unpaired) electrons. The van der Waals surface area contributed by atoms with E-state index < -0.39 is 0 Å². The van der Waals surface area contributed by atoms with Gasteiger partial charge in [0.05, 0.1) is 0 Å². The Hall–Kier alpha value is -0.820. The van der Waals surface area contributed by atoms with Gasteiger partial charge in [0.15, 0.2) is 0 Å². The fraction of sp³-hybridized carbons (Fsp3) is 0.625. The fourth-order valence-corrected chi connectivity index (χ4v) is 3.36. The Morgan fingerprint density at radius 1 is 0.941 bits per heavy atom. The van der Waals surface area contributed by atoms with Crippen LogP contribution in [0.3, 0.4) is 0 Å². The topological polar surface area (TPSA) is 3.24 Å². The first kappa shape index (κ1) is 11.3. The molecule has 1 heterocycles. The Kier molecular flexibility index (Phi) is 3.19. The SMILES string of the molecule is c1ccc(CCN2CCC3(CCC3)CC2)cc1. The first-order valence-corrected chi connectivity index (χ1v) is 7.13. The van der Waals surface area contributed by atoms with Gasteiger partial charge in [0.25, 0.3) is 0 Å². The van der Waals surface area contributed by atoms with Gasteiger partial charge in [-0.25, -0.2) is 0 Å². The molecule has 2 aliphatic rings. The molecule has 2 fully saturated rings. The van der Waals surface area contributed by atoms with Gasteiger partial charge in [-0.05, 0) is 56.2 Å². The highest BCUT2D eigenvalue weighted by Crippen LogP contribution is 2.48. The third-order valence-corrected chi connectivity index (χ3v) is 4.89. The molecule has 92 valence electrons. The molecule has 0 atom stereocenters. The van der Waals surface area contributed by atoms with Crippen LogP contribution in [0.15, 0.2) is 30.3 Å². The summed E-state index contributed by atoms with van der Waals surface area (Å²) in [6.45, 7) is 3.93. The Bertz CT molecular complexity index is 343. The van der Waals surface area contributed by atoms with E-state index in [1.165, 1.54) is 63.7 Å². The van der Waals surface area contributed by atoms with Gasteiger partial charge in [-0.1, -0.05) is 36.8 Å². The highest BCUT2D eigenvalue weighted by atomic mass is 15.1. The Morgan fingerprint density at radius 3 is 2.24 bits per heavy atom. The number of benzene rings is 1. The third kappa shape index (κ3) is 2.55. The maximum absolute atomic E-state index is 2.66. The highest BCUT2D eigenvalue weighted by molar-refractivity contribution is 5.14. The minimum absolute atomic E-state index is 0.795. The average molecular weight is 229 g/mol. The minimum Gasteiger partial charge on any atom is -0.303 e. The van der Waals surface area contributed by atoms with Crippen LogP contribution < -0.4 is 0 Å². The first-order chi connectivity index (χ1) is 8.36. The van der Waals surface area contributed by atoms with Crippen LogP contribution in [0, 0.1) is 5.41 Å². The molecular weight excluding hydrogens is 206 g/mol. The molecule has 0 bridgehead atoms. The highest BCUT2D eigenvalue weighted by Gasteiger charge is 2.39. The molecule has 1 aliphatic carbocycles. The van der Waals surface area contributed by atoms with Crippen molar-refractivity contribution in [1.29, 1.82) is 0 Å². The summed E-state index contributed by atoms with van der Waals surface area (Å²) in [4.78, 5) is 2.66. The molecule has 1 nitrogen and oxygen atoms in total. The zero-order chi connectivity index (χ0) is 11.6. The van der Waals surface area contributed by atoms with Gasteiger partial charge in [-0.3, -0.25) is 0 Å². The molecule has 0 N–H and O–H groups in total. The van der Waals surface area contributed by atoms with E-state index in [0.717, 1.165) is 5.41 Å². The lowest BCUT2D eigenvalue weighted by Gasteiger charge is -2.48. The van der Waals surface area contributed by atoms with Crippen LogP contribution in [-0.2, 0) is 6.42 Å². The van der Waals surface area contributed by atoms with E-state index in [1.807, 2.05) is 0 Å². The van der Waals surface area contributed by atoms with Crippen molar-refractivity contribution >= 4 is 0 Å². The lowest BCUT2D eigenvalue weighted by molar-refractivity contribution is 0.0340. The molecular formula is C16H23N. The normalized spacial score (nSPS) is 23.5. The van der Waals surface area contributed by atoms with Crippen molar-refractivity contribution in [2.24, 2.45) is 5.41 Å². The molecule has 1 aromatic carbocycles. The van der Waals surface area contributed by atoms with Crippen molar-refractivity contribution in [1.82, 2.24) is 4.90 Å². The largest absolute Gasteiger partial charge is 0.303 e. The molecule has 0 unspecified atom stereocenters. The third-order valence-electron chi connectivity index (χ3n) is 4.89. The van der Waals surface area contributed by atoms with Crippen LogP contribution in [0.2, 0.25) is 0 Å². The maximum Gasteiger partial charge on any atom is 0.00218 e. The lowest BCUT2D eigenvalue weighted by atomic mass is 9.63. The summed E-state index contributed by atoms with van der Waals surface area (Å²) in [6, 6.07) is 10.9. The molecule has 1 heteroatoms. The molecule has 1 spiro atoms. The second-order valence-corrected chi connectivity index (χ2v) is 5.93. The zero-order valence-electron chi connectivity index (χ0n) is 10.7. The molecule has 0 aromatic heterocycles. The van der Waals surface area contributed by atoms with Crippen molar-refractivity contribution in [3.05, 3.63) is 35.9 Å². The van der Waals surface area contributed by atoms with Crippen molar-refractivity contribution in [2.45, 2.75) is 38.5 Å². The number of hydrogen-bond acceptors (Lipinski definition) is 1. The lowest BCUT2D eigenvalue weighted by Crippen LogP contribution is -2.44. The Balaban J connectivity index is 1.45. The summed E-state index contributed by atoms with van der Waals surface area (Å²) in [5.41, 5.74) is 2.28. The van der Waals surface area contributed by atoms with Gasteiger partial charge in [-0.15, -0.1) is 0 Å². The minimum atomic E-state index is 0.795. The molecule has 0 amide bonds. The number of hydrogen-bond donors (Lipinski definition) is 0. The second-order valence-electron chi connectivity index (χ2n) is 5.93. The summed E-state index contributed by atoms with van der Waals surface area (Å²) < 4.78 is 0. The van der Waals surface area contributed by atoms with Gasteiger partial charge >= 0.3 is 0 Å². The van der Waals surface area contributed by atoms with Crippen molar-refractivity contribution < 1.29 is 0 Å². The molecule has 1 saturated heterocycles. The van der Waals surface area contributed by atoms with Crippen molar-refractivity contribution in [3.8, 4) is 0 Å². The predicted molar refractivity (Wildman–Crippen MR) is 72.1 cm³/mol. The smallest absolute Gasteiger partial charge is 0.00218 e. The Labute approximate surface area is 105 Å². The predicted octanol–water partition coefficient (Wildman–Crippen LogP) is 3.50.